The lowest BCUT2D eigenvalue weighted by Gasteiger charge is -2.17. The van der Waals surface area contributed by atoms with Gasteiger partial charge in [0.2, 0.25) is 0 Å². The molecular weight excluding hydrogens is 134 g/mol. The lowest BCUT2D eigenvalue weighted by atomic mass is 10.5. The van der Waals surface area contributed by atoms with Gasteiger partial charge in [0.05, 0.1) is 0 Å². The van der Waals surface area contributed by atoms with Crippen molar-refractivity contribution in [1.82, 2.24) is 9.80 Å². The van der Waals surface area contributed by atoms with E-state index in [9.17, 15) is 10.0 Å². The maximum absolute atomic E-state index is 10.1. The third kappa shape index (κ3) is 1.03. The third-order valence-corrected chi connectivity index (χ3v) is 1.80. The average molecular weight is 145 g/mol. The molecule has 0 amide bonds. The van der Waals surface area contributed by atoms with Crippen molar-refractivity contribution in [3.8, 4) is 0 Å². The van der Waals surface area contributed by atoms with Gasteiger partial charge in [-0.05, 0) is 19.3 Å². The highest BCUT2D eigenvalue weighted by molar-refractivity contribution is 4.78. The SMILES string of the molecule is CN1CC(N=O)N(C)C1O. The van der Waals surface area contributed by atoms with Gasteiger partial charge in [0.1, 0.15) is 0 Å². The molecule has 0 spiro atoms. The Labute approximate surface area is 59.2 Å². The zero-order valence-corrected chi connectivity index (χ0v) is 6.06. The second-order valence-electron chi connectivity index (χ2n) is 2.54. The maximum Gasteiger partial charge on any atom is 0.167 e. The molecule has 5 nitrogen and oxygen atoms in total. The van der Waals surface area contributed by atoms with Gasteiger partial charge >= 0.3 is 0 Å². The van der Waals surface area contributed by atoms with Crippen molar-refractivity contribution < 1.29 is 5.11 Å². The Kier molecular flexibility index (Phi) is 1.98. The van der Waals surface area contributed by atoms with E-state index in [1.165, 1.54) is 4.90 Å². The molecule has 5 heteroatoms. The number of likely N-dealkylation sites (N-methyl/N-ethyl adjacent to an activating group) is 2. The number of aliphatic hydroxyl groups excluding tert-OH is 1. The van der Waals surface area contributed by atoms with Crippen LogP contribution < -0.4 is 0 Å². The molecule has 1 rings (SSSR count). The van der Waals surface area contributed by atoms with E-state index < -0.39 is 12.5 Å². The Balaban J connectivity index is 2.61. The standard InChI is InChI=1S/C5H11N3O2/c1-7-3-4(6-10)8(2)5(7)9/h4-5,9H,3H2,1-2H3. The largest absolute Gasteiger partial charge is 0.365 e. The Morgan fingerprint density at radius 2 is 2.20 bits per heavy atom. The second kappa shape index (κ2) is 2.61. The summed E-state index contributed by atoms with van der Waals surface area (Å²) in [7, 11) is 3.41. The zero-order chi connectivity index (χ0) is 7.72. The zero-order valence-electron chi connectivity index (χ0n) is 6.06. The highest BCUT2D eigenvalue weighted by Gasteiger charge is 2.33. The van der Waals surface area contributed by atoms with Crippen LogP contribution in [0.2, 0.25) is 0 Å². The normalized spacial score (nSPS) is 36.7. The monoisotopic (exact) mass is 145 g/mol. The summed E-state index contributed by atoms with van der Waals surface area (Å²) in [6.07, 6.45) is -1.07. The molecule has 0 aliphatic carbocycles. The van der Waals surface area contributed by atoms with Gasteiger partial charge in [-0.3, -0.25) is 4.90 Å². The second-order valence-corrected chi connectivity index (χ2v) is 2.54. The quantitative estimate of drug-likeness (QED) is 0.492. The van der Waals surface area contributed by atoms with Crippen LogP contribution in [0.4, 0.5) is 0 Å². The van der Waals surface area contributed by atoms with E-state index in [0.29, 0.717) is 6.54 Å². The summed E-state index contributed by atoms with van der Waals surface area (Å²) in [5.41, 5.74) is 0. The summed E-state index contributed by atoms with van der Waals surface area (Å²) < 4.78 is 0. The molecular formula is C5H11N3O2. The summed E-state index contributed by atoms with van der Waals surface area (Å²) in [6.45, 7) is 0.501. The third-order valence-electron chi connectivity index (χ3n) is 1.80. The van der Waals surface area contributed by atoms with E-state index >= 15 is 0 Å². The topological polar surface area (TPSA) is 56.1 Å². The number of aliphatic hydroxyl groups is 1. The molecule has 1 heterocycles. The summed E-state index contributed by atoms with van der Waals surface area (Å²) in [4.78, 5) is 13.3. The van der Waals surface area contributed by atoms with Gasteiger partial charge in [-0.15, -0.1) is 4.91 Å². The van der Waals surface area contributed by atoms with Crippen LogP contribution in [0, 0.1) is 4.91 Å². The number of nitroso groups, excluding NO2 is 1. The van der Waals surface area contributed by atoms with E-state index in [0.717, 1.165) is 0 Å². The van der Waals surface area contributed by atoms with Gasteiger partial charge in [-0.2, -0.15) is 0 Å². The lowest BCUT2D eigenvalue weighted by molar-refractivity contribution is -0.0402. The number of hydrogen-bond acceptors (Lipinski definition) is 5. The van der Waals surface area contributed by atoms with Crippen LogP contribution in [0.15, 0.2) is 5.18 Å². The van der Waals surface area contributed by atoms with E-state index in [4.69, 9.17) is 0 Å². The molecule has 0 saturated carbocycles. The molecule has 1 saturated heterocycles. The molecule has 10 heavy (non-hydrogen) atoms. The van der Waals surface area contributed by atoms with Gasteiger partial charge in [-0.1, -0.05) is 0 Å². The van der Waals surface area contributed by atoms with Crippen molar-refractivity contribution in [1.29, 1.82) is 0 Å². The maximum atomic E-state index is 10.1. The first-order valence-corrected chi connectivity index (χ1v) is 3.09. The van der Waals surface area contributed by atoms with Crippen molar-refractivity contribution in [2.24, 2.45) is 5.18 Å². The Morgan fingerprint density at radius 1 is 1.60 bits per heavy atom. The van der Waals surface area contributed by atoms with Crippen LogP contribution in [0.5, 0.6) is 0 Å². The van der Waals surface area contributed by atoms with E-state index in [1.807, 2.05) is 0 Å². The predicted octanol–water partition coefficient (Wildman–Crippen LogP) is -0.768. The average Bonchev–Trinajstić information content (AvgIpc) is 2.17. The minimum atomic E-state index is -0.664. The molecule has 1 aliphatic rings. The summed E-state index contributed by atoms with van der Waals surface area (Å²) in [5.74, 6) is 0. The molecule has 0 aromatic heterocycles. The summed E-state index contributed by atoms with van der Waals surface area (Å²) in [5, 5.41) is 12.1. The number of nitrogens with zero attached hydrogens (tertiary/aromatic N) is 3. The van der Waals surface area contributed by atoms with Gasteiger partial charge in [0.25, 0.3) is 0 Å². The van der Waals surface area contributed by atoms with E-state index in [2.05, 4.69) is 5.18 Å². The van der Waals surface area contributed by atoms with Crippen molar-refractivity contribution in [2.75, 3.05) is 20.6 Å². The molecule has 2 atom stereocenters. The van der Waals surface area contributed by atoms with Gasteiger partial charge in [-0.25, -0.2) is 4.90 Å². The first-order valence-electron chi connectivity index (χ1n) is 3.09. The van der Waals surface area contributed by atoms with Crippen LogP contribution in [-0.2, 0) is 0 Å². The predicted molar refractivity (Wildman–Crippen MR) is 36.0 cm³/mol. The molecule has 1 N–H and O–H groups in total. The Bertz CT molecular complexity index is 141. The first kappa shape index (κ1) is 7.59. The van der Waals surface area contributed by atoms with Gasteiger partial charge in [0.15, 0.2) is 12.5 Å². The highest BCUT2D eigenvalue weighted by atomic mass is 16.3. The summed E-state index contributed by atoms with van der Waals surface area (Å²) in [6, 6.07) is 0. The van der Waals surface area contributed by atoms with E-state index in [1.54, 1.807) is 19.0 Å². The van der Waals surface area contributed by atoms with Crippen LogP contribution in [0.3, 0.4) is 0 Å². The molecule has 0 radical (unpaired) electrons. The molecule has 0 aromatic rings. The van der Waals surface area contributed by atoms with Crippen molar-refractivity contribution in [3.05, 3.63) is 4.91 Å². The van der Waals surface area contributed by atoms with Crippen LogP contribution in [0.1, 0.15) is 0 Å². The fourth-order valence-electron chi connectivity index (χ4n) is 1.05. The minimum absolute atomic E-state index is 0.403. The molecule has 58 valence electrons. The number of rotatable bonds is 1. The van der Waals surface area contributed by atoms with Gasteiger partial charge < -0.3 is 5.11 Å². The molecule has 1 fully saturated rings. The fraction of sp³-hybridized carbons (Fsp3) is 1.00. The smallest absolute Gasteiger partial charge is 0.167 e. The number of hydrogen-bond donors (Lipinski definition) is 1. The molecule has 0 aromatic carbocycles. The lowest BCUT2D eigenvalue weighted by Crippen LogP contribution is -2.35. The highest BCUT2D eigenvalue weighted by Crippen LogP contribution is 2.14. The molecule has 0 bridgehead atoms. The van der Waals surface area contributed by atoms with E-state index in [-0.39, 0.29) is 0 Å². The van der Waals surface area contributed by atoms with Gasteiger partial charge in [0, 0.05) is 6.54 Å². The first-order chi connectivity index (χ1) is 4.66. The van der Waals surface area contributed by atoms with Crippen molar-refractivity contribution in [2.45, 2.75) is 12.5 Å². The van der Waals surface area contributed by atoms with Crippen molar-refractivity contribution >= 4 is 0 Å². The molecule has 1 aliphatic heterocycles. The fourth-order valence-corrected chi connectivity index (χ4v) is 1.05. The minimum Gasteiger partial charge on any atom is -0.365 e. The Morgan fingerprint density at radius 3 is 2.40 bits per heavy atom. The van der Waals surface area contributed by atoms with Crippen LogP contribution in [-0.4, -0.2) is 48.1 Å². The van der Waals surface area contributed by atoms with Crippen molar-refractivity contribution in [3.63, 3.8) is 0 Å². The molecule has 2 unspecified atom stereocenters. The van der Waals surface area contributed by atoms with Crippen LogP contribution >= 0.6 is 0 Å². The van der Waals surface area contributed by atoms with Crippen LogP contribution in [0.25, 0.3) is 0 Å². The summed E-state index contributed by atoms with van der Waals surface area (Å²) >= 11 is 0. The Hall–Kier alpha value is -0.520.